The van der Waals surface area contributed by atoms with E-state index in [4.69, 9.17) is 9.47 Å². The van der Waals surface area contributed by atoms with E-state index in [1.165, 1.54) is 17.0 Å². The van der Waals surface area contributed by atoms with Crippen molar-refractivity contribution in [1.82, 2.24) is 4.98 Å². The van der Waals surface area contributed by atoms with Gasteiger partial charge in [0.25, 0.3) is 0 Å². The van der Waals surface area contributed by atoms with Gasteiger partial charge in [-0.15, -0.1) is 10.2 Å². The van der Waals surface area contributed by atoms with E-state index >= 15 is 0 Å². The Morgan fingerprint density at radius 2 is 1.96 bits per heavy atom. The summed E-state index contributed by atoms with van der Waals surface area (Å²) < 4.78 is 11.7. The first-order valence-corrected chi connectivity index (χ1v) is 9.34. The van der Waals surface area contributed by atoms with E-state index in [0.717, 1.165) is 53.5 Å². The normalized spacial score (nSPS) is 15.1. The summed E-state index contributed by atoms with van der Waals surface area (Å²) in [5.41, 5.74) is 4.07. The highest BCUT2D eigenvalue weighted by Gasteiger charge is 2.12. The number of fused-ring (bicyclic) bond motifs is 1. The molecule has 3 aromatic rings. The molecule has 0 saturated carbocycles. The lowest BCUT2D eigenvalue weighted by Crippen LogP contribution is -2.36. The molecule has 26 heavy (non-hydrogen) atoms. The Bertz CT molecular complexity index is 948. The van der Waals surface area contributed by atoms with Gasteiger partial charge in [-0.2, -0.15) is 0 Å². The first-order valence-electron chi connectivity index (χ1n) is 8.52. The summed E-state index contributed by atoms with van der Waals surface area (Å²) in [6.07, 6.45) is 0. The Hall–Kier alpha value is -2.51. The lowest BCUT2D eigenvalue weighted by Gasteiger charge is -2.29. The molecule has 0 aliphatic carbocycles. The van der Waals surface area contributed by atoms with E-state index < -0.39 is 0 Å². The third-order valence-electron chi connectivity index (χ3n) is 4.38. The minimum Gasteiger partial charge on any atom is -0.497 e. The Labute approximate surface area is 156 Å². The summed E-state index contributed by atoms with van der Waals surface area (Å²) in [6, 6.07) is 12.1. The van der Waals surface area contributed by atoms with Crippen LogP contribution in [0, 0.1) is 6.92 Å². The first kappa shape index (κ1) is 16.9. The zero-order chi connectivity index (χ0) is 17.9. The standard InChI is InChI=1S/C19H20N4O2S/c1-13-11-14(23-7-9-25-10-8-23)3-5-16(13)21-22-19-20-17-6-4-15(24-2)12-18(17)26-19/h3-6,11-12H,7-10H2,1-2H3. The molecule has 0 bridgehead atoms. The summed E-state index contributed by atoms with van der Waals surface area (Å²) in [4.78, 5) is 6.84. The van der Waals surface area contributed by atoms with Gasteiger partial charge >= 0.3 is 0 Å². The molecule has 0 amide bonds. The molecule has 6 nitrogen and oxygen atoms in total. The number of methoxy groups -OCH3 is 1. The highest BCUT2D eigenvalue weighted by molar-refractivity contribution is 7.21. The number of anilines is 1. The zero-order valence-electron chi connectivity index (χ0n) is 14.8. The van der Waals surface area contributed by atoms with Crippen LogP contribution in [0.3, 0.4) is 0 Å². The van der Waals surface area contributed by atoms with Gasteiger partial charge in [-0.25, -0.2) is 4.98 Å². The van der Waals surface area contributed by atoms with Crippen LogP contribution in [-0.4, -0.2) is 38.4 Å². The molecular formula is C19H20N4O2S. The quantitative estimate of drug-likeness (QED) is 0.617. The van der Waals surface area contributed by atoms with E-state index in [-0.39, 0.29) is 0 Å². The Morgan fingerprint density at radius 1 is 1.12 bits per heavy atom. The fourth-order valence-corrected chi connectivity index (χ4v) is 3.74. The van der Waals surface area contributed by atoms with Gasteiger partial charge in [-0.3, -0.25) is 0 Å². The molecule has 7 heteroatoms. The largest absolute Gasteiger partial charge is 0.497 e. The molecule has 0 radical (unpaired) electrons. The van der Waals surface area contributed by atoms with Crippen LogP contribution < -0.4 is 9.64 Å². The van der Waals surface area contributed by atoms with E-state index in [0.29, 0.717) is 5.13 Å². The monoisotopic (exact) mass is 368 g/mol. The molecule has 1 aromatic heterocycles. The molecule has 2 heterocycles. The van der Waals surface area contributed by atoms with Crippen molar-refractivity contribution in [2.45, 2.75) is 6.92 Å². The molecule has 0 spiro atoms. The number of hydrogen-bond donors (Lipinski definition) is 0. The third kappa shape index (κ3) is 3.54. The zero-order valence-corrected chi connectivity index (χ0v) is 15.6. The summed E-state index contributed by atoms with van der Waals surface area (Å²) in [5, 5.41) is 9.37. The Balaban J connectivity index is 1.54. The van der Waals surface area contributed by atoms with Crippen LogP contribution in [0.1, 0.15) is 5.56 Å². The van der Waals surface area contributed by atoms with Crippen LogP contribution in [0.2, 0.25) is 0 Å². The van der Waals surface area contributed by atoms with Crippen molar-refractivity contribution in [3.8, 4) is 5.75 Å². The number of morpholine rings is 1. The van der Waals surface area contributed by atoms with Crippen molar-refractivity contribution >= 4 is 38.1 Å². The van der Waals surface area contributed by atoms with Gasteiger partial charge in [0.05, 0.1) is 36.2 Å². The number of aromatic nitrogens is 1. The first-order chi connectivity index (χ1) is 12.7. The van der Waals surface area contributed by atoms with Crippen molar-refractivity contribution in [3.63, 3.8) is 0 Å². The average molecular weight is 368 g/mol. The van der Waals surface area contributed by atoms with Crippen LogP contribution in [0.4, 0.5) is 16.5 Å². The smallest absolute Gasteiger partial charge is 0.231 e. The SMILES string of the molecule is COc1ccc2nc(N=Nc3ccc(N4CCOCC4)cc3C)sc2c1. The molecule has 134 valence electrons. The van der Waals surface area contributed by atoms with Gasteiger partial charge in [0.15, 0.2) is 0 Å². The maximum Gasteiger partial charge on any atom is 0.231 e. The van der Waals surface area contributed by atoms with Crippen LogP contribution in [0.15, 0.2) is 46.6 Å². The van der Waals surface area contributed by atoms with Gasteiger partial charge in [-0.05, 0) is 48.9 Å². The highest BCUT2D eigenvalue weighted by atomic mass is 32.1. The molecule has 1 saturated heterocycles. The van der Waals surface area contributed by atoms with Crippen molar-refractivity contribution in [2.24, 2.45) is 10.2 Å². The molecular weight excluding hydrogens is 348 g/mol. The van der Waals surface area contributed by atoms with E-state index in [2.05, 4.69) is 39.2 Å². The molecule has 0 unspecified atom stereocenters. The molecule has 1 fully saturated rings. The number of ether oxygens (including phenoxy) is 2. The summed E-state index contributed by atoms with van der Waals surface area (Å²) >= 11 is 1.50. The molecule has 4 rings (SSSR count). The van der Waals surface area contributed by atoms with E-state index in [9.17, 15) is 0 Å². The van der Waals surface area contributed by atoms with E-state index in [1.54, 1.807) is 7.11 Å². The number of benzene rings is 2. The number of azo groups is 1. The molecule has 1 aliphatic rings. The van der Waals surface area contributed by atoms with Crippen LogP contribution in [0.25, 0.3) is 10.2 Å². The van der Waals surface area contributed by atoms with Crippen LogP contribution in [0.5, 0.6) is 5.75 Å². The van der Waals surface area contributed by atoms with Crippen molar-refractivity contribution in [2.75, 3.05) is 38.3 Å². The predicted molar refractivity (Wildman–Crippen MR) is 105 cm³/mol. The Kier molecular flexibility index (Phi) is 4.81. The number of nitrogens with zero attached hydrogens (tertiary/aromatic N) is 4. The molecule has 0 atom stereocenters. The topological polar surface area (TPSA) is 59.3 Å². The van der Waals surface area contributed by atoms with Gasteiger partial charge < -0.3 is 14.4 Å². The van der Waals surface area contributed by atoms with Gasteiger partial charge in [0.2, 0.25) is 5.13 Å². The van der Waals surface area contributed by atoms with Gasteiger partial charge in [0.1, 0.15) is 5.75 Å². The maximum absolute atomic E-state index is 5.41. The number of aryl methyl sites for hydroxylation is 1. The summed E-state index contributed by atoms with van der Waals surface area (Å²) in [7, 11) is 1.66. The minimum atomic E-state index is 0.643. The lowest BCUT2D eigenvalue weighted by atomic mass is 10.1. The maximum atomic E-state index is 5.41. The predicted octanol–water partition coefficient (Wildman–Crippen LogP) is 4.87. The third-order valence-corrected chi connectivity index (χ3v) is 5.29. The van der Waals surface area contributed by atoms with Crippen molar-refractivity contribution < 1.29 is 9.47 Å². The fourth-order valence-electron chi connectivity index (χ4n) is 2.93. The highest BCUT2D eigenvalue weighted by Crippen LogP contribution is 2.33. The van der Waals surface area contributed by atoms with Crippen LogP contribution in [-0.2, 0) is 4.74 Å². The molecule has 2 aromatic carbocycles. The Morgan fingerprint density at radius 3 is 2.73 bits per heavy atom. The lowest BCUT2D eigenvalue weighted by molar-refractivity contribution is 0.122. The summed E-state index contributed by atoms with van der Waals surface area (Å²) in [5.74, 6) is 0.819. The number of thiazole rings is 1. The minimum absolute atomic E-state index is 0.643. The van der Waals surface area contributed by atoms with Crippen LogP contribution >= 0.6 is 11.3 Å². The average Bonchev–Trinajstić information content (AvgIpc) is 3.09. The number of rotatable bonds is 4. The van der Waals surface area contributed by atoms with E-state index in [1.807, 2.05) is 24.3 Å². The molecule has 0 N–H and O–H groups in total. The number of hydrogen-bond acceptors (Lipinski definition) is 7. The van der Waals surface area contributed by atoms with Crippen molar-refractivity contribution in [1.29, 1.82) is 0 Å². The summed E-state index contributed by atoms with van der Waals surface area (Å²) in [6.45, 7) is 5.47. The van der Waals surface area contributed by atoms with Crippen molar-refractivity contribution in [3.05, 3.63) is 42.0 Å². The molecule has 1 aliphatic heterocycles. The second kappa shape index (κ2) is 7.39. The second-order valence-electron chi connectivity index (χ2n) is 6.10. The van der Waals surface area contributed by atoms with Gasteiger partial charge in [-0.1, -0.05) is 11.3 Å². The fraction of sp³-hybridized carbons (Fsp3) is 0.316. The second-order valence-corrected chi connectivity index (χ2v) is 7.11. The van der Waals surface area contributed by atoms with Gasteiger partial charge in [0, 0.05) is 18.8 Å².